The number of fused-ring (bicyclic) bond motifs is 1. The van der Waals surface area contributed by atoms with Crippen molar-refractivity contribution in [2.24, 2.45) is 0 Å². The minimum absolute atomic E-state index is 0.0330. The van der Waals surface area contributed by atoms with Crippen LogP contribution in [0, 0.1) is 0 Å². The standard InChI is InChI=1S/C17H19NO7/c1-2-7-24-17-12(14(21)13(20)11(8-19)25-17)18-15(22)9-5-3-4-6-10(9)16(18)23/h2-6,11-14,17,19-21H,1,7-8H2/t11-,12-,13-,14-,17-/m1/s1. The van der Waals surface area contributed by atoms with Crippen LogP contribution in [0.5, 0.6) is 0 Å². The molecule has 8 nitrogen and oxygen atoms in total. The van der Waals surface area contributed by atoms with Crippen LogP contribution in [0.4, 0.5) is 0 Å². The Kier molecular flexibility index (Phi) is 4.98. The van der Waals surface area contributed by atoms with Crippen LogP contribution in [0.15, 0.2) is 36.9 Å². The normalized spacial score (nSPS) is 32.0. The molecule has 1 fully saturated rings. The summed E-state index contributed by atoms with van der Waals surface area (Å²) in [4.78, 5) is 26.2. The van der Waals surface area contributed by atoms with E-state index < -0.39 is 49.1 Å². The molecule has 3 N–H and O–H groups in total. The number of aliphatic hydroxyl groups excluding tert-OH is 3. The van der Waals surface area contributed by atoms with Crippen molar-refractivity contribution < 1.29 is 34.4 Å². The second-order valence-electron chi connectivity index (χ2n) is 5.85. The lowest BCUT2D eigenvalue weighted by Crippen LogP contribution is -2.65. The van der Waals surface area contributed by atoms with Crippen molar-refractivity contribution in [3.63, 3.8) is 0 Å². The van der Waals surface area contributed by atoms with E-state index >= 15 is 0 Å². The predicted octanol–water partition coefficient (Wildman–Crippen LogP) is -0.707. The number of hydrogen-bond acceptors (Lipinski definition) is 7. The Morgan fingerprint density at radius 3 is 2.28 bits per heavy atom. The Morgan fingerprint density at radius 2 is 1.76 bits per heavy atom. The number of ether oxygens (including phenoxy) is 2. The molecule has 2 aliphatic rings. The van der Waals surface area contributed by atoms with Crippen LogP contribution in [0.3, 0.4) is 0 Å². The number of rotatable bonds is 5. The molecule has 3 rings (SSSR count). The van der Waals surface area contributed by atoms with E-state index in [1.54, 1.807) is 12.1 Å². The maximum Gasteiger partial charge on any atom is 0.262 e. The van der Waals surface area contributed by atoms with Crippen molar-refractivity contribution in [2.45, 2.75) is 30.6 Å². The Bertz CT molecular complexity index is 656. The lowest BCUT2D eigenvalue weighted by molar-refractivity contribution is -0.276. The SMILES string of the molecule is C=CCO[C@@H]1O[C@H](CO)[C@@H](O)[C@H](O)[C@H]1N1C(=O)c2ccccc2C1=O. The van der Waals surface area contributed by atoms with Gasteiger partial charge >= 0.3 is 0 Å². The first kappa shape index (κ1) is 17.7. The molecule has 1 saturated heterocycles. The molecule has 0 aliphatic carbocycles. The van der Waals surface area contributed by atoms with E-state index in [-0.39, 0.29) is 17.7 Å². The van der Waals surface area contributed by atoms with E-state index in [0.717, 1.165) is 4.90 Å². The van der Waals surface area contributed by atoms with Gasteiger partial charge in [-0.05, 0) is 12.1 Å². The lowest BCUT2D eigenvalue weighted by atomic mass is 9.95. The molecule has 5 atom stereocenters. The minimum atomic E-state index is -1.54. The summed E-state index contributed by atoms with van der Waals surface area (Å²) in [6.45, 7) is 2.99. The number of hydrogen-bond donors (Lipinski definition) is 3. The quantitative estimate of drug-likeness (QED) is 0.475. The first-order valence-electron chi connectivity index (χ1n) is 7.83. The van der Waals surface area contributed by atoms with Gasteiger partial charge in [-0.1, -0.05) is 18.2 Å². The first-order valence-corrected chi connectivity index (χ1v) is 7.83. The van der Waals surface area contributed by atoms with E-state index in [4.69, 9.17) is 9.47 Å². The van der Waals surface area contributed by atoms with Gasteiger partial charge in [0.15, 0.2) is 6.29 Å². The number of imide groups is 1. The van der Waals surface area contributed by atoms with Crippen LogP contribution < -0.4 is 0 Å². The number of aliphatic hydroxyl groups is 3. The van der Waals surface area contributed by atoms with Gasteiger partial charge in [0.05, 0.1) is 24.3 Å². The third-order valence-electron chi connectivity index (χ3n) is 4.35. The zero-order valence-corrected chi connectivity index (χ0v) is 13.3. The highest BCUT2D eigenvalue weighted by molar-refractivity contribution is 6.21. The fraction of sp³-hybridized carbons (Fsp3) is 0.412. The highest BCUT2D eigenvalue weighted by atomic mass is 16.7. The summed E-state index contributed by atoms with van der Waals surface area (Å²) in [5.41, 5.74) is 0.418. The number of carbonyl (C=O) groups excluding carboxylic acids is 2. The Labute approximate surface area is 143 Å². The molecule has 25 heavy (non-hydrogen) atoms. The highest BCUT2D eigenvalue weighted by Gasteiger charge is 2.53. The Hall–Kier alpha value is -2.10. The van der Waals surface area contributed by atoms with Gasteiger partial charge in [-0.25, -0.2) is 0 Å². The molecular formula is C17H19NO7. The molecule has 2 aliphatic heterocycles. The predicted molar refractivity (Wildman–Crippen MR) is 84.6 cm³/mol. The number of amides is 2. The van der Waals surface area contributed by atoms with Crippen LogP contribution in [0.2, 0.25) is 0 Å². The summed E-state index contributed by atoms with van der Waals surface area (Å²) in [7, 11) is 0. The van der Waals surface area contributed by atoms with Gasteiger partial charge in [0.25, 0.3) is 11.8 Å². The summed E-state index contributed by atoms with van der Waals surface area (Å²) in [5, 5.41) is 29.9. The third-order valence-corrected chi connectivity index (χ3v) is 4.35. The van der Waals surface area contributed by atoms with Crippen molar-refractivity contribution >= 4 is 11.8 Å². The van der Waals surface area contributed by atoms with Gasteiger partial charge in [0.2, 0.25) is 0 Å². The van der Waals surface area contributed by atoms with Crippen molar-refractivity contribution in [3.05, 3.63) is 48.0 Å². The van der Waals surface area contributed by atoms with Crippen LogP contribution in [-0.2, 0) is 9.47 Å². The van der Waals surface area contributed by atoms with Crippen LogP contribution >= 0.6 is 0 Å². The number of nitrogens with zero attached hydrogens (tertiary/aromatic N) is 1. The van der Waals surface area contributed by atoms with E-state index in [2.05, 4.69) is 6.58 Å². The second kappa shape index (κ2) is 7.03. The summed E-state index contributed by atoms with van der Waals surface area (Å²) >= 11 is 0. The topological polar surface area (TPSA) is 117 Å². The molecule has 0 spiro atoms. The van der Waals surface area contributed by atoms with Crippen LogP contribution in [-0.4, -0.2) is 75.9 Å². The maximum atomic E-state index is 12.7. The Balaban J connectivity index is 1.96. The minimum Gasteiger partial charge on any atom is -0.394 e. The number of carbonyl (C=O) groups is 2. The average Bonchev–Trinajstić information content (AvgIpc) is 2.87. The smallest absolute Gasteiger partial charge is 0.262 e. The van der Waals surface area contributed by atoms with E-state index in [9.17, 15) is 24.9 Å². The average molecular weight is 349 g/mol. The highest BCUT2D eigenvalue weighted by Crippen LogP contribution is 2.32. The molecule has 2 heterocycles. The van der Waals surface area contributed by atoms with E-state index in [0.29, 0.717) is 0 Å². The van der Waals surface area contributed by atoms with Crippen molar-refractivity contribution in [1.29, 1.82) is 0 Å². The lowest BCUT2D eigenvalue weighted by Gasteiger charge is -2.44. The second-order valence-corrected chi connectivity index (χ2v) is 5.85. The molecular weight excluding hydrogens is 330 g/mol. The van der Waals surface area contributed by atoms with Gasteiger partial charge in [0, 0.05) is 0 Å². The van der Waals surface area contributed by atoms with Crippen molar-refractivity contribution in [2.75, 3.05) is 13.2 Å². The zero-order chi connectivity index (χ0) is 18.1. The number of benzene rings is 1. The largest absolute Gasteiger partial charge is 0.394 e. The monoisotopic (exact) mass is 349 g/mol. The molecule has 1 aromatic carbocycles. The molecule has 2 amide bonds. The molecule has 134 valence electrons. The first-order chi connectivity index (χ1) is 12.0. The molecule has 0 aromatic heterocycles. The molecule has 0 bridgehead atoms. The summed E-state index contributed by atoms with van der Waals surface area (Å²) in [5.74, 6) is -1.20. The van der Waals surface area contributed by atoms with Gasteiger partial charge < -0.3 is 24.8 Å². The molecule has 0 radical (unpaired) electrons. The molecule has 1 aromatic rings. The fourth-order valence-electron chi connectivity index (χ4n) is 3.12. The van der Waals surface area contributed by atoms with Gasteiger partial charge in [-0.15, -0.1) is 6.58 Å². The zero-order valence-electron chi connectivity index (χ0n) is 13.3. The maximum absolute atomic E-state index is 12.7. The fourth-order valence-corrected chi connectivity index (χ4v) is 3.12. The third kappa shape index (κ3) is 2.88. The Morgan fingerprint density at radius 1 is 1.16 bits per heavy atom. The van der Waals surface area contributed by atoms with Crippen LogP contribution in [0.25, 0.3) is 0 Å². The van der Waals surface area contributed by atoms with Gasteiger partial charge in [0.1, 0.15) is 24.4 Å². The van der Waals surface area contributed by atoms with Crippen molar-refractivity contribution in [3.8, 4) is 0 Å². The van der Waals surface area contributed by atoms with E-state index in [1.165, 1.54) is 18.2 Å². The molecule has 0 saturated carbocycles. The van der Waals surface area contributed by atoms with Gasteiger partial charge in [-0.3, -0.25) is 14.5 Å². The van der Waals surface area contributed by atoms with Gasteiger partial charge in [-0.2, -0.15) is 0 Å². The summed E-state index contributed by atoms with van der Waals surface area (Å²) in [6, 6.07) is 5.02. The van der Waals surface area contributed by atoms with Crippen molar-refractivity contribution in [1.82, 2.24) is 4.90 Å². The summed E-state index contributed by atoms with van der Waals surface area (Å²) in [6.07, 6.45) is -3.90. The van der Waals surface area contributed by atoms with Crippen LogP contribution in [0.1, 0.15) is 20.7 Å². The molecule has 0 unspecified atom stereocenters. The summed E-state index contributed by atoms with van der Waals surface area (Å²) < 4.78 is 10.9. The van der Waals surface area contributed by atoms with E-state index in [1.807, 2.05) is 0 Å². The molecule has 8 heteroatoms.